The molecule has 0 aliphatic heterocycles. The van der Waals surface area contributed by atoms with Crippen LogP contribution >= 0.6 is 0 Å². The van der Waals surface area contributed by atoms with Crippen LogP contribution < -0.4 is 14.8 Å². The standard InChI is InChI=1S/C22H24N2O3/c1-5-26-20-10-8-17(13-21(20)27-6-2)12-18(14-23)22(25)24-19-9-7-15(3)11-16(19)4/h7-13H,5-6H2,1-4H3,(H,24,25)/b18-12+. The van der Waals surface area contributed by atoms with Gasteiger partial charge in [0.05, 0.1) is 13.2 Å². The van der Waals surface area contributed by atoms with E-state index in [0.29, 0.717) is 36.0 Å². The van der Waals surface area contributed by atoms with Gasteiger partial charge >= 0.3 is 0 Å². The summed E-state index contributed by atoms with van der Waals surface area (Å²) in [5.74, 6) is 0.770. The number of carbonyl (C=O) groups excluding carboxylic acids is 1. The molecule has 140 valence electrons. The Hall–Kier alpha value is -3.26. The first kappa shape index (κ1) is 20.1. The summed E-state index contributed by atoms with van der Waals surface area (Å²) in [6, 6.07) is 13.0. The first-order chi connectivity index (χ1) is 13.0. The molecular weight excluding hydrogens is 340 g/mol. The molecular formula is C22H24N2O3. The second-order valence-corrected chi connectivity index (χ2v) is 6.01. The van der Waals surface area contributed by atoms with Gasteiger partial charge in [-0.25, -0.2) is 0 Å². The number of anilines is 1. The minimum absolute atomic E-state index is 0.0154. The summed E-state index contributed by atoms with van der Waals surface area (Å²) in [6.45, 7) is 8.70. The molecule has 0 bridgehead atoms. The number of nitriles is 1. The maximum Gasteiger partial charge on any atom is 0.266 e. The van der Waals surface area contributed by atoms with E-state index >= 15 is 0 Å². The van der Waals surface area contributed by atoms with E-state index in [1.54, 1.807) is 18.2 Å². The van der Waals surface area contributed by atoms with E-state index in [1.807, 2.05) is 52.0 Å². The second-order valence-electron chi connectivity index (χ2n) is 6.01. The predicted octanol–water partition coefficient (Wildman–Crippen LogP) is 4.65. The van der Waals surface area contributed by atoms with Crippen LogP contribution in [0.25, 0.3) is 6.08 Å². The van der Waals surface area contributed by atoms with E-state index in [-0.39, 0.29) is 5.57 Å². The number of hydrogen-bond donors (Lipinski definition) is 1. The van der Waals surface area contributed by atoms with Crippen molar-refractivity contribution in [1.82, 2.24) is 0 Å². The second kappa shape index (κ2) is 9.44. The Bertz CT molecular complexity index is 895. The first-order valence-electron chi connectivity index (χ1n) is 8.88. The quantitative estimate of drug-likeness (QED) is 0.573. The van der Waals surface area contributed by atoms with Crippen molar-refractivity contribution >= 4 is 17.7 Å². The van der Waals surface area contributed by atoms with E-state index in [1.165, 1.54) is 6.08 Å². The van der Waals surface area contributed by atoms with Crippen molar-refractivity contribution in [1.29, 1.82) is 5.26 Å². The van der Waals surface area contributed by atoms with Gasteiger partial charge in [-0.2, -0.15) is 5.26 Å². The van der Waals surface area contributed by atoms with Crippen molar-refractivity contribution in [3.8, 4) is 17.6 Å². The van der Waals surface area contributed by atoms with Crippen molar-refractivity contribution in [2.24, 2.45) is 0 Å². The lowest BCUT2D eigenvalue weighted by Gasteiger charge is -2.11. The molecule has 0 aromatic heterocycles. The molecule has 5 nitrogen and oxygen atoms in total. The van der Waals surface area contributed by atoms with E-state index in [0.717, 1.165) is 11.1 Å². The number of nitrogens with one attached hydrogen (secondary N) is 1. The van der Waals surface area contributed by atoms with Crippen molar-refractivity contribution < 1.29 is 14.3 Å². The van der Waals surface area contributed by atoms with Crippen LogP contribution in [0.4, 0.5) is 5.69 Å². The van der Waals surface area contributed by atoms with E-state index in [2.05, 4.69) is 5.32 Å². The predicted molar refractivity (Wildman–Crippen MR) is 107 cm³/mol. The van der Waals surface area contributed by atoms with Crippen LogP contribution in [0.1, 0.15) is 30.5 Å². The lowest BCUT2D eigenvalue weighted by Crippen LogP contribution is -2.14. The molecule has 0 radical (unpaired) electrons. The minimum Gasteiger partial charge on any atom is -0.490 e. The summed E-state index contributed by atoms with van der Waals surface area (Å²) < 4.78 is 11.1. The number of ether oxygens (including phenoxy) is 2. The fourth-order valence-corrected chi connectivity index (χ4v) is 2.62. The summed E-state index contributed by atoms with van der Waals surface area (Å²) in [5, 5.41) is 12.2. The smallest absolute Gasteiger partial charge is 0.266 e. The molecule has 0 aliphatic rings. The van der Waals surface area contributed by atoms with Crippen LogP contribution in [0, 0.1) is 25.2 Å². The summed E-state index contributed by atoms with van der Waals surface area (Å²) >= 11 is 0. The van der Waals surface area contributed by atoms with Crippen molar-refractivity contribution in [2.45, 2.75) is 27.7 Å². The normalized spacial score (nSPS) is 10.9. The topological polar surface area (TPSA) is 71.3 Å². The molecule has 0 spiro atoms. The van der Waals surface area contributed by atoms with Gasteiger partial charge in [0.1, 0.15) is 11.6 Å². The van der Waals surface area contributed by atoms with Crippen LogP contribution in [0.2, 0.25) is 0 Å². The fourth-order valence-electron chi connectivity index (χ4n) is 2.62. The van der Waals surface area contributed by atoms with E-state index < -0.39 is 5.91 Å². The fraction of sp³-hybridized carbons (Fsp3) is 0.273. The zero-order valence-electron chi connectivity index (χ0n) is 16.1. The third-order valence-electron chi connectivity index (χ3n) is 3.87. The Morgan fingerprint density at radius 1 is 1.07 bits per heavy atom. The molecule has 0 saturated heterocycles. The summed E-state index contributed by atoms with van der Waals surface area (Å²) in [5.41, 5.74) is 3.45. The van der Waals surface area contributed by atoms with Crippen LogP contribution in [0.3, 0.4) is 0 Å². The molecule has 0 atom stereocenters. The number of amides is 1. The van der Waals surface area contributed by atoms with Crippen LogP contribution in [-0.2, 0) is 4.79 Å². The average Bonchev–Trinajstić information content (AvgIpc) is 2.64. The molecule has 0 heterocycles. The van der Waals surface area contributed by atoms with Gasteiger partial charge in [-0.1, -0.05) is 23.8 Å². The number of benzene rings is 2. The molecule has 0 aliphatic carbocycles. The largest absolute Gasteiger partial charge is 0.490 e. The van der Waals surface area contributed by atoms with Gasteiger partial charge in [0, 0.05) is 5.69 Å². The summed E-state index contributed by atoms with van der Waals surface area (Å²) in [4.78, 5) is 12.5. The van der Waals surface area contributed by atoms with Crippen molar-refractivity contribution in [2.75, 3.05) is 18.5 Å². The van der Waals surface area contributed by atoms with Crippen LogP contribution in [-0.4, -0.2) is 19.1 Å². The maximum absolute atomic E-state index is 12.5. The van der Waals surface area contributed by atoms with Gasteiger partial charge in [-0.05, 0) is 63.1 Å². The Morgan fingerprint density at radius 2 is 1.78 bits per heavy atom. The molecule has 5 heteroatoms. The average molecular weight is 364 g/mol. The molecule has 0 unspecified atom stereocenters. The monoisotopic (exact) mass is 364 g/mol. The lowest BCUT2D eigenvalue weighted by molar-refractivity contribution is -0.112. The van der Waals surface area contributed by atoms with E-state index in [4.69, 9.17) is 9.47 Å². The molecule has 0 fully saturated rings. The number of nitrogens with zero attached hydrogens (tertiary/aromatic N) is 1. The zero-order chi connectivity index (χ0) is 19.8. The third-order valence-corrected chi connectivity index (χ3v) is 3.87. The SMILES string of the molecule is CCOc1ccc(/C=C(\C#N)C(=O)Nc2ccc(C)cc2C)cc1OCC. The number of aryl methyl sites for hydroxylation is 2. The van der Waals surface area contributed by atoms with Crippen molar-refractivity contribution in [3.05, 3.63) is 58.7 Å². The highest BCUT2D eigenvalue weighted by Gasteiger charge is 2.12. The van der Waals surface area contributed by atoms with Crippen molar-refractivity contribution in [3.63, 3.8) is 0 Å². The molecule has 0 saturated carbocycles. The molecule has 2 aromatic carbocycles. The van der Waals surface area contributed by atoms with Gasteiger partial charge < -0.3 is 14.8 Å². The Morgan fingerprint density at radius 3 is 2.41 bits per heavy atom. The van der Waals surface area contributed by atoms with E-state index in [9.17, 15) is 10.1 Å². The number of hydrogen-bond acceptors (Lipinski definition) is 4. The third kappa shape index (κ3) is 5.35. The summed E-state index contributed by atoms with van der Waals surface area (Å²) in [7, 11) is 0. The van der Waals surface area contributed by atoms with Gasteiger partial charge in [0.15, 0.2) is 11.5 Å². The molecule has 1 amide bonds. The van der Waals surface area contributed by atoms with Gasteiger partial charge in [-0.15, -0.1) is 0 Å². The molecule has 1 N–H and O–H groups in total. The summed E-state index contributed by atoms with van der Waals surface area (Å²) in [6.07, 6.45) is 1.54. The zero-order valence-corrected chi connectivity index (χ0v) is 16.1. The molecule has 2 rings (SSSR count). The number of rotatable bonds is 7. The Kier molecular flexibility index (Phi) is 7.01. The Balaban J connectivity index is 2.27. The van der Waals surface area contributed by atoms with Gasteiger partial charge in [-0.3, -0.25) is 4.79 Å². The maximum atomic E-state index is 12.5. The van der Waals surface area contributed by atoms with Crippen LogP contribution in [0.15, 0.2) is 42.0 Å². The van der Waals surface area contributed by atoms with Crippen LogP contribution in [0.5, 0.6) is 11.5 Å². The highest BCUT2D eigenvalue weighted by atomic mass is 16.5. The highest BCUT2D eigenvalue weighted by Crippen LogP contribution is 2.29. The lowest BCUT2D eigenvalue weighted by atomic mass is 10.1. The van der Waals surface area contributed by atoms with Gasteiger partial charge in [0.25, 0.3) is 5.91 Å². The van der Waals surface area contributed by atoms with Gasteiger partial charge in [0.2, 0.25) is 0 Å². The molecule has 27 heavy (non-hydrogen) atoms. The highest BCUT2D eigenvalue weighted by molar-refractivity contribution is 6.10. The number of carbonyl (C=O) groups is 1. The first-order valence-corrected chi connectivity index (χ1v) is 8.88. The minimum atomic E-state index is -0.448. The molecule has 2 aromatic rings. The Labute approximate surface area is 160 Å².